The molecule has 0 N–H and O–H groups in total. The van der Waals surface area contributed by atoms with Crippen LogP contribution in [-0.2, 0) is 12.6 Å². The maximum Gasteiger partial charge on any atom is 0.417 e. The number of benzene rings is 1. The van der Waals surface area contributed by atoms with Gasteiger partial charge in [-0.25, -0.2) is 0 Å². The molecule has 0 heterocycles. The number of hydrogen-bond donors (Lipinski definition) is 0. The highest BCUT2D eigenvalue weighted by Crippen LogP contribution is 2.36. The van der Waals surface area contributed by atoms with E-state index in [2.05, 4.69) is 6.92 Å². The summed E-state index contributed by atoms with van der Waals surface area (Å²) < 4.78 is 36.8. The van der Waals surface area contributed by atoms with Crippen LogP contribution in [0.2, 0.25) is 5.02 Å². The summed E-state index contributed by atoms with van der Waals surface area (Å²) in [5.74, 6) is 0. The molecule has 1 aromatic rings. The van der Waals surface area contributed by atoms with Crippen molar-refractivity contribution >= 4 is 11.6 Å². The van der Waals surface area contributed by atoms with Crippen LogP contribution in [0, 0.1) is 6.92 Å². The number of alkyl halides is 3. The molecular weight excluding hydrogens is 201 g/mol. The molecule has 1 aromatic carbocycles. The van der Waals surface area contributed by atoms with Gasteiger partial charge in [-0.15, -0.1) is 0 Å². The van der Waals surface area contributed by atoms with E-state index in [4.69, 9.17) is 11.6 Å². The van der Waals surface area contributed by atoms with Crippen LogP contribution in [0.1, 0.15) is 11.1 Å². The maximum absolute atomic E-state index is 12.3. The smallest absolute Gasteiger partial charge is 0.166 e. The Bertz CT molecular complexity index is 304. The Hall–Kier alpha value is -0.700. The van der Waals surface area contributed by atoms with E-state index in [9.17, 15) is 13.2 Å². The highest BCUT2D eigenvalue weighted by molar-refractivity contribution is 6.32. The molecule has 0 saturated heterocycles. The predicted molar refractivity (Wildman–Crippen MR) is 45.5 cm³/mol. The van der Waals surface area contributed by atoms with E-state index in [1.807, 2.05) is 0 Å². The molecule has 0 spiro atoms. The Morgan fingerprint density at radius 3 is 2.38 bits per heavy atom. The van der Waals surface area contributed by atoms with E-state index in [1.54, 1.807) is 0 Å². The van der Waals surface area contributed by atoms with Gasteiger partial charge in [-0.2, -0.15) is 13.2 Å². The van der Waals surface area contributed by atoms with Gasteiger partial charge in [0, 0.05) is 0 Å². The highest BCUT2D eigenvalue weighted by Gasteiger charge is 2.33. The normalized spacial score (nSPS) is 11.8. The molecule has 0 aliphatic heterocycles. The molecule has 0 bridgehead atoms. The lowest BCUT2D eigenvalue weighted by atomic mass is 10.1. The van der Waals surface area contributed by atoms with Gasteiger partial charge >= 0.3 is 6.18 Å². The average molecular weight is 208 g/mol. The van der Waals surface area contributed by atoms with Gasteiger partial charge in [-0.3, -0.25) is 0 Å². The second-order valence-electron chi connectivity index (χ2n) is 2.53. The summed E-state index contributed by atoms with van der Waals surface area (Å²) in [5, 5.41) is -0.245. The molecule has 1 rings (SSSR count). The molecule has 0 aliphatic carbocycles. The van der Waals surface area contributed by atoms with Crippen LogP contribution in [0.15, 0.2) is 18.2 Å². The molecule has 13 heavy (non-hydrogen) atoms. The maximum atomic E-state index is 12.3. The van der Waals surface area contributed by atoms with Gasteiger partial charge in [0.15, 0.2) is 0 Å². The fraction of sp³-hybridized carbons (Fsp3) is 0.222. The summed E-state index contributed by atoms with van der Waals surface area (Å²) in [6.07, 6.45) is -4.13. The molecule has 0 aromatic heterocycles. The molecule has 71 valence electrons. The molecule has 1 radical (unpaired) electrons. The summed E-state index contributed by atoms with van der Waals surface area (Å²) in [7, 11) is 0. The van der Waals surface area contributed by atoms with Gasteiger partial charge < -0.3 is 0 Å². The van der Waals surface area contributed by atoms with Gasteiger partial charge in [-0.05, 0) is 25.0 Å². The van der Waals surface area contributed by atoms with Crippen molar-refractivity contribution in [1.29, 1.82) is 0 Å². The van der Waals surface area contributed by atoms with Gasteiger partial charge in [0.05, 0.1) is 10.6 Å². The minimum atomic E-state index is -4.39. The van der Waals surface area contributed by atoms with Crippen molar-refractivity contribution in [2.24, 2.45) is 0 Å². The minimum Gasteiger partial charge on any atom is -0.166 e. The summed E-state index contributed by atoms with van der Waals surface area (Å²) in [5.41, 5.74) is -0.383. The number of halogens is 4. The number of rotatable bonds is 1. The van der Waals surface area contributed by atoms with E-state index in [-0.39, 0.29) is 11.4 Å². The van der Waals surface area contributed by atoms with Crippen molar-refractivity contribution in [2.75, 3.05) is 0 Å². The Labute approximate surface area is 79.3 Å². The van der Waals surface area contributed by atoms with E-state index >= 15 is 0 Å². The van der Waals surface area contributed by atoms with Crippen molar-refractivity contribution in [3.63, 3.8) is 0 Å². The lowest BCUT2D eigenvalue weighted by molar-refractivity contribution is -0.137. The van der Waals surface area contributed by atoms with Gasteiger partial charge in [0.25, 0.3) is 0 Å². The summed E-state index contributed by atoms with van der Waals surface area (Å²) in [6, 6.07) is 3.82. The third-order valence-corrected chi connectivity index (χ3v) is 2.10. The Kier molecular flexibility index (Phi) is 2.86. The molecule has 0 aliphatic rings. The van der Waals surface area contributed by atoms with E-state index < -0.39 is 11.7 Å². The molecular formula is C9H7ClF3. The average Bonchev–Trinajstić information content (AvgIpc) is 2.02. The van der Waals surface area contributed by atoms with E-state index in [0.717, 1.165) is 6.07 Å². The van der Waals surface area contributed by atoms with E-state index in [0.29, 0.717) is 5.56 Å². The molecule has 4 heteroatoms. The van der Waals surface area contributed by atoms with Crippen LogP contribution in [-0.4, -0.2) is 0 Å². The Morgan fingerprint density at radius 1 is 1.31 bits per heavy atom. The summed E-state index contributed by atoms with van der Waals surface area (Å²) in [6.45, 7) is 3.49. The molecule has 0 amide bonds. The molecule has 0 unspecified atom stereocenters. The largest absolute Gasteiger partial charge is 0.417 e. The second-order valence-corrected chi connectivity index (χ2v) is 2.90. The predicted octanol–water partition coefficient (Wildman–Crippen LogP) is 3.74. The first-order chi connectivity index (χ1) is 5.96. The summed E-state index contributed by atoms with van der Waals surface area (Å²) in [4.78, 5) is 0. The fourth-order valence-corrected chi connectivity index (χ4v) is 1.32. The lowest BCUT2D eigenvalue weighted by Crippen LogP contribution is -2.06. The summed E-state index contributed by atoms with van der Waals surface area (Å²) >= 11 is 5.53. The third kappa shape index (κ3) is 2.15. The minimum absolute atomic E-state index is 0.245. The Morgan fingerprint density at radius 2 is 1.92 bits per heavy atom. The van der Waals surface area contributed by atoms with Crippen molar-refractivity contribution in [3.05, 3.63) is 41.3 Å². The van der Waals surface area contributed by atoms with Crippen molar-refractivity contribution < 1.29 is 13.2 Å². The quantitative estimate of drug-likeness (QED) is 0.658. The Balaban J connectivity index is 3.24. The van der Waals surface area contributed by atoms with Crippen molar-refractivity contribution in [1.82, 2.24) is 0 Å². The molecule has 0 atom stereocenters. The highest BCUT2D eigenvalue weighted by atomic mass is 35.5. The van der Waals surface area contributed by atoms with Gasteiger partial charge in [0.1, 0.15) is 0 Å². The second kappa shape index (κ2) is 3.58. The third-order valence-electron chi connectivity index (χ3n) is 1.65. The van der Waals surface area contributed by atoms with E-state index in [1.165, 1.54) is 12.1 Å². The van der Waals surface area contributed by atoms with Crippen LogP contribution < -0.4 is 0 Å². The van der Waals surface area contributed by atoms with Crippen LogP contribution in [0.3, 0.4) is 0 Å². The van der Waals surface area contributed by atoms with Crippen LogP contribution in [0.5, 0.6) is 0 Å². The van der Waals surface area contributed by atoms with Crippen LogP contribution in [0.4, 0.5) is 13.2 Å². The van der Waals surface area contributed by atoms with Crippen LogP contribution in [0.25, 0.3) is 0 Å². The molecule has 0 nitrogen and oxygen atoms in total. The standard InChI is InChI=1S/C9H7ClF3/c1-2-6-4-3-5-7(8(6)10)9(11,12)13/h3-5H,1-2H2. The first-order valence-electron chi connectivity index (χ1n) is 3.60. The first-order valence-corrected chi connectivity index (χ1v) is 3.98. The van der Waals surface area contributed by atoms with Gasteiger partial charge in [-0.1, -0.05) is 23.7 Å². The monoisotopic (exact) mass is 207 g/mol. The van der Waals surface area contributed by atoms with Gasteiger partial charge in [0.2, 0.25) is 0 Å². The zero-order valence-corrected chi connectivity index (χ0v) is 7.41. The topological polar surface area (TPSA) is 0 Å². The zero-order chi connectivity index (χ0) is 10.1. The molecule has 0 fully saturated rings. The lowest BCUT2D eigenvalue weighted by Gasteiger charge is -2.10. The SMILES string of the molecule is [CH2]Cc1cccc(C(F)(F)F)c1Cl. The molecule has 0 saturated carbocycles. The van der Waals surface area contributed by atoms with Crippen LogP contribution >= 0.6 is 11.6 Å². The number of hydrogen-bond acceptors (Lipinski definition) is 0. The zero-order valence-electron chi connectivity index (χ0n) is 6.66. The van der Waals surface area contributed by atoms with Crippen molar-refractivity contribution in [2.45, 2.75) is 12.6 Å². The first kappa shape index (κ1) is 10.4. The van der Waals surface area contributed by atoms with Crippen molar-refractivity contribution in [3.8, 4) is 0 Å². The fourth-order valence-electron chi connectivity index (χ4n) is 0.992.